The molecule has 3 rings (SSSR count). The number of nitrogens with zero attached hydrogens (tertiary/aromatic N) is 3. The number of benzene rings is 1. The Labute approximate surface area is 209 Å². The molecule has 1 atom stereocenters. The minimum Gasteiger partial charge on any atom is -0.376 e. The van der Waals surface area contributed by atoms with Crippen LogP contribution in [0.1, 0.15) is 50.2 Å². The molecule has 0 aliphatic carbocycles. The van der Waals surface area contributed by atoms with Crippen LogP contribution >= 0.6 is 11.6 Å². The van der Waals surface area contributed by atoms with Crippen molar-refractivity contribution in [2.24, 2.45) is 21.8 Å². The molecule has 1 fully saturated rings. The molecule has 1 aromatic carbocycles. The van der Waals surface area contributed by atoms with E-state index in [4.69, 9.17) is 11.6 Å². The highest BCUT2D eigenvalue weighted by Crippen LogP contribution is 2.27. The van der Waals surface area contributed by atoms with Crippen LogP contribution in [0.2, 0.25) is 0 Å². The SMILES string of the molecule is C=C(C)C1CN(C(=C)Cc2ccc(CCCCC3CC\N=C/C(Cl)=C\N=C\NCC3)cc2F)C1. The van der Waals surface area contributed by atoms with Gasteiger partial charge in [0.2, 0.25) is 0 Å². The van der Waals surface area contributed by atoms with Gasteiger partial charge < -0.3 is 10.2 Å². The lowest BCUT2D eigenvalue weighted by molar-refractivity contribution is 0.167. The van der Waals surface area contributed by atoms with E-state index in [1.54, 1.807) is 24.8 Å². The van der Waals surface area contributed by atoms with E-state index in [1.807, 2.05) is 6.07 Å². The summed E-state index contributed by atoms with van der Waals surface area (Å²) in [6.45, 7) is 13.8. The number of halogens is 2. The Hall–Kier alpha value is -2.40. The third kappa shape index (κ3) is 8.43. The van der Waals surface area contributed by atoms with E-state index in [0.717, 1.165) is 81.5 Å². The topological polar surface area (TPSA) is 40.0 Å². The number of rotatable bonds is 9. The highest BCUT2D eigenvalue weighted by Gasteiger charge is 2.28. The molecule has 2 heterocycles. The summed E-state index contributed by atoms with van der Waals surface area (Å²) in [5, 5.41) is 3.76. The predicted molar refractivity (Wildman–Crippen MR) is 143 cm³/mol. The molecule has 1 unspecified atom stereocenters. The molecule has 2 aliphatic heterocycles. The summed E-state index contributed by atoms with van der Waals surface area (Å²) >= 11 is 6.03. The summed E-state index contributed by atoms with van der Waals surface area (Å²) in [7, 11) is 0. The second-order valence-corrected chi connectivity index (χ2v) is 10.0. The Balaban J connectivity index is 1.40. The minimum absolute atomic E-state index is 0.117. The predicted octanol–water partition coefficient (Wildman–Crippen LogP) is 6.28. The lowest BCUT2D eigenvalue weighted by atomic mass is 9.92. The average Bonchev–Trinajstić information content (AvgIpc) is 2.75. The van der Waals surface area contributed by atoms with E-state index >= 15 is 0 Å². The molecule has 1 saturated heterocycles. The Morgan fingerprint density at radius 1 is 1.24 bits per heavy atom. The van der Waals surface area contributed by atoms with Gasteiger partial charge in [0.25, 0.3) is 0 Å². The largest absolute Gasteiger partial charge is 0.376 e. The van der Waals surface area contributed by atoms with Crippen molar-refractivity contribution in [1.29, 1.82) is 0 Å². The van der Waals surface area contributed by atoms with Crippen LogP contribution in [0.15, 0.2) is 63.8 Å². The number of aliphatic imine (C=N–C) groups is 2. The molecule has 0 amide bonds. The second kappa shape index (κ2) is 13.5. The maximum atomic E-state index is 14.7. The molecule has 1 N–H and O–H groups in total. The van der Waals surface area contributed by atoms with Gasteiger partial charge in [-0.05, 0) is 55.7 Å². The van der Waals surface area contributed by atoms with E-state index in [-0.39, 0.29) is 5.82 Å². The molecule has 2 aliphatic rings. The number of aryl methyl sites for hydroxylation is 1. The first kappa shape index (κ1) is 26.2. The summed E-state index contributed by atoms with van der Waals surface area (Å²) in [4.78, 5) is 10.7. The summed E-state index contributed by atoms with van der Waals surface area (Å²) < 4.78 is 14.7. The van der Waals surface area contributed by atoms with Crippen LogP contribution in [0.25, 0.3) is 0 Å². The Bertz CT molecular complexity index is 930. The molecule has 1 aromatic rings. The first-order valence-electron chi connectivity index (χ1n) is 12.4. The van der Waals surface area contributed by atoms with Crippen molar-refractivity contribution in [2.75, 3.05) is 26.2 Å². The number of likely N-dealkylation sites (tertiary alicyclic amines) is 1. The molecule has 0 saturated carbocycles. The molecule has 0 radical (unpaired) electrons. The molecule has 0 aromatic heterocycles. The van der Waals surface area contributed by atoms with Crippen LogP contribution in [-0.2, 0) is 12.8 Å². The zero-order valence-corrected chi connectivity index (χ0v) is 21.2. The lowest BCUT2D eigenvalue weighted by Crippen LogP contribution is -2.46. The first-order chi connectivity index (χ1) is 16.4. The third-order valence-electron chi connectivity index (χ3n) is 6.81. The van der Waals surface area contributed by atoms with Crippen molar-refractivity contribution in [3.05, 3.63) is 70.8 Å². The van der Waals surface area contributed by atoms with Crippen LogP contribution in [0, 0.1) is 17.7 Å². The summed E-state index contributed by atoms with van der Waals surface area (Å²) in [6.07, 6.45) is 11.9. The molecule has 4 nitrogen and oxygen atoms in total. The van der Waals surface area contributed by atoms with Crippen molar-refractivity contribution in [3.63, 3.8) is 0 Å². The van der Waals surface area contributed by atoms with Gasteiger partial charge in [0.1, 0.15) is 5.82 Å². The zero-order chi connectivity index (χ0) is 24.3. The average molecular weight is 485 g/mol. The molecule has 34 heavy (non-hydrogen) atoms. The number of hydrogen-bond donors (Lipinski definition) is 1. The van der Waals surface area contributed by atoms with Crippen molar-refractivity contribution in [3.8, 4) is 0 Å². The molecule has 0 bridgehead atoms. The van der Waals surface area contributed by atoms with Crippen LogP contribution in [-0.4, -0.2) is 43.6 Å². The standard InChI is InChI=1S/C28H38ClFN4/c1-21(2)26-18-34(19-26)22(3)14-25-9-8-24(15-28(25)30)7-5-4-6-23-10-12-31-16-27(29)17-33-20-32-13-11-23/h8-9,15-17,20,23,26H,1,3-7,10-14,18-19H2,2H3,(H,32,33)/b27-17+,31-16-. The van der Waals surface area contributed by atoms with Gasteiger partial charge in [-0.3, -0.25) is 4.99 Å². The van der Waals surface area contributed by atoms with E-state index < -0.39 is 0 Å². The van der Waals surface area contributed by atoms with Crippen LogP contribution in [0.5, 0.6) is 0 Å². The quantitative estimate of drug-likeness (QED) is 0.331. The van der Waals surface area contributed by atoms with E-state index in [0.29, 0.717) is 23.3 Å². The second-order valence-electron chi connectivity index (χ2n) is 9.59. The lowest BCUT2D eigenvalue weighted by Gasteiger charge is -2.42. The summed E-state index contributed by atoms with van der Waals surface area (Å²) in [6, 6.07) is 5.72. The fourth-order valence-corrected chi connectivity index (χ4v) is 4.55. The normalized spacial score (nSPS) is 22.9. The van der Waals surface area contributed by atoms with Gasteiger partial charge in [0.05, 0.1) is 11.4 Å². The highest BCUT2D eigenvalue weighted by atomic mass is 35.5. The number of unbranched alkanes of at least 4 members (excludes halogenated alkanes) is 1. The molecular formula is C28H38ClFN4. The van der Waals surface area contributed by atoms with E-state index in [9.17, 15) is 4.39 Å². The molecule has 184 valence electrons. The van der Waals surface area contributed by atoms with Gasteiger partial charge in [0, 0.05) is 56.6 Å². The smallest absolute Gasteiger partial charge is 0.127 e. The van der Waals surface area contributed by atoms with Crippen molar-refractivity contribution >= 4 is 24.2 Å². The van der Waals surface area contributed by atoms with E-state index in [1.165, 1.54) is 5.57 Å². The Kier molecular flexibility index (Phi) is 10.4. The van der Waals surface area contributed by atoms with Gasteiger partial charge in [-0.1, -0.05) is 55.3 Å². The maximum Gasteiger partial charge on any atom is 0.127 e. The monoisotopic (exact) mass is 484 g/mol. The van der Waals surface area contributed by atoms with Gasteiger partial charge in [-0.25, -0.2) is 9.38 Å². The molecule has 0 spiro atoms. The van der Waals surface area contributed by atoms with Gasteiger partial charge in [-0.2, -0.15) is 0 Å². The van der Waals surface area contributed by atoms with E-state index in [2.05, 4.69) is 46.3 Å². The van der Waals surface area contributed by atoms with Gasteiger partial charge >= 0.3 is 0 Å². The van der Waals surface area contributed by atoms with Crippen molar-refractivity contribution in [2.45, 2.75) is 51.9 Å². The van der Waals surface area contributed by atoms with Crippen molar-refractivity contribution < 1.29 is 4.39 Å². The Morgan fingerprint density at radius 3 is 2.82 bits per heavy atom. The summed E-state index contributed by atoms with van der Waals surface area (Å²) in [5.74, 6) is 1.03. The minimum atomic E-state index is -0.117. The highest BCUT2D eigenvalue weighted by molar-refractivity contribution is 6.39. The number of hydrogen-bond acceptors (Lipinski definition) is 4. The molecule has 6 heteroatoms. The van der Waals surface area contributed by atoms with Crippen LogP contribution < -0.4 is 5.32 Å². The zero-order valence-electron chi connectivity index (χ0n) is 20.4. The van der Waals surface area contributed by atoms with Gasteiger partial charge in [0.15, 0.2) is 0 Å². The van der Waals surface area contributed by atoms with Gasteiger partial charge in [-0.15, -0.1) is 0 Å². The first-order valence-corrected chi connectivity index (χ1v) is 12.8. The fraction of sp³-hybridized carbons (Fsp3) is 0.500. The number of allylic oxidation sites excluding steroid dienone is 2. The van der Waals surface area contributed by atoms with Crippen LogP contribution in [0.3, 0.4) is 0 Å². The van der Waals surface area contributed by atoms with Crippen molar-refractivity contribution in [1.82, 2.24) is 10.2 Å². The molecular weight excluding hydrogens is 447 g/mol. The van der Waals surface area contributed by atoms with Crippen LogP contribution in [0.4, 0.5) is 4.39 Å². The maximum absolute atomic E-state index is 14.7. The third-order valence-corrected chi connectivity index (χ3v) is 7.00. The summed E-state index contributed by atoms with van der Waals surface area (Å²) in [5.41, 5.74) is 4.01. The number of nitrogens with one attached hydrogen (secondary N) is 1. The fourth-order valence-electron chi connectivity index (χ4n) is 4.42. The Morgan fingerprint density at radius 2 is 2.06 bits per heavy atom.